The Hall–Kier alpha value is -1.98. The number of carbonyl (C=O) groups is 2. The highest BCUT2D eigenvalue weighted by atomic mass is 16.5. The molecule has 3 heterocycles. The Labute approximate surface area is 128 Å². The standard InChI is InChI=1S/C17H17NO4/c1-9-3-4-11(7-10(9)2)18-15(20)13-12-5-6-17(8-19,22-12)14(13)16(18)21/h3-7,12-14,19H,8H2,1-2H3/t12-,13-,14+,17+/m1/s1. The molecule has 0 spiro atoms. The van der Waals surface area contributed by atoms with E-state index in [0.717, 1.165) is 11.1 Å². The second-order valence-electron chi connectivity index (χ2n) is 6.34. The van der Waals surface area contributed by atoms with Gasteiger partial charge in [-0.1, -0.05) is 18.2 Å². The van der Waals surface area contributed by atoms with Gasteiger partial charge in [-0.05, 0) is 37.1 Å². The first-order valence-electron chi connectivity index (χ1n) is 7.41. The fraction of sp³-hybridized carbons (Fsp3) is 0.412. The molecule has 4 rings (SSSR count). The van der Waals surface area contributed by atoms with Crippen molar-refractivity contribution < 1.29 is 19.4 Å². The first-order chi connectivity index (χ1) is 10.5. The van der Waals surface area contributed by atoms with Crippen molar-refractivity contribution in [3.05, 3.63) is 41.5 Å². The highest BCUT2D eigenvalue weighted by Crippen LogP contribution is 2.52. The van der Waals surface area contributed by atoms with E-state index in [0.29, 0.717) is 5.69 Å². The van der Waals surface area contributed by atoms with Gasteiger partial charge in [0.1, 0.15) is 5.60 Å². The average molecular weight is 299 g/mol. The number of ether oxygens (including phenoxy) is 1. The zero-order valence-corrected chi connectivity index (χ0v) is 12.4. The van der Waals surface area contributed by atoms with E-state index in [-0.39, 0.29) is 18.4 Å². The number of rotatable bonds is 2. The van der Waals surface area contributed by atoms with E-state index in [4.69, 9.17) is 4.74 Å². The fourth-order valence-corrected chi connectivity index (χ4v) is 3.80. The van der Waals surface area contributed by atoms with E-state index in [2.05, 4.69) is 0 Å². The van der Waals surface area contributed by atoms with Crippen molar-refractivity contribution in [3.8, 4) is 0 Å². The Kier molecular flexibility index (Phi) is 2.65. The van der Waals surface area contributed by atoms with Crippen LogP contribution in [0.4, 0.5) is 5.69 Å². The maximum Gasteiger partial charge on any atom is 0.241 e. The lowest BCUT2D eigenvalue weighted by molar-refractivity contribution is -0.128. The molecule has 2 amide bonds. The van der Waals surface area contributed by atoms with Crippen molar-refractivity contribution in [2.24, 2.45) is 11.8 Å². The van der Waals surface area contributed by atoms with Crippen molar-refractivity contribution in [1.29, 1.82) is 0 Å². The summed E-state index contributed by atoms with van der Waals surface area (Å²) in [6.45, 7) is 3.65. The molecular weight excluding hydrogens is 282 g/mol. The van der Waals surface area contributed by atoms with Gasteiger partial charge in [-0.25, -0.2) is 4.90 Å². The number of aliphatic hydroxyl groups excluding tert-OH is 1. The predicted molar refractivity (Wildman–Crippen MR) is 79.2 cm³/mol. The third-order valence-electron chi connectivity index (χ3n) is 5.15. The van der Waals surface area contributed by atoms with Crippen LogP contribution in [0.3, 0.4) is 0 Å². The molecular formula is C17H17NO4. The molecule has 2 fully saturated rings. The van der Waals surface area contributed by atoms with Crippen LogP contribution >= 0.6 is 0 Å². The molecule has 0 saturated carbocycles. The molecule has 1 aromatic carbocycles. The van der Waals surface area contributed by atoms with Crippen LogP contribution < -0.4 is 4.90 Å². The summed E-state index contributed by atoms with van der Waals surface area (Å²) in [5, 5.41) is 9.67. The summed E-state index contributed by atoms with van der Waals surface area (Å²) < 4.78 is 5.71. The number of hydrogen-bond acceptors (Lipinski definition) is 4. The SMILES string of the molecule is Cc1ccc(N2C(=O)[C@H]3[C@@H](C2=O)[C@@]2(CO)C=C[C@H]3O2)cc1C. The van der Waals surface area contributed by atoms with Gasteiger partial charge >= 0.3 is 0 Å². The van der Waals surface area contributed by atoms with Crippen molar-refractivity contribution >= 4 is 17.5 Å². The number of aryl methyl sites for hydroxylation is 2. The van der Waals surface area contributed by atoms with Crippen LogP contribution in [-0.2, 0) is 14.3 Å². The Morgan fingerprint density at radius 3 is 2.68 bits per heavy atom. The smallest absolute Gasteiger partial charge is 0.241 e. The van der Waals surface area contributed by atoms with Crippen LogP contribution in [0.2, 0.25) is 0 Å². The molecule has 0 aromatic heterocycles. The van der Waals surface area contributed by atoms with Gasteiger partial charge in [0, 0.05) is 0 Å². The highest BCUT2D eigenvalue weighted by Gasteiger charge is 2.67. The van der Waals surface area contributed by atoms with Crippen molar-refractivity contribution in [2.75, 3.05) is 11.5 Å². The minimum absolute atomic E-state index is 0.233. The molecule has 3 aliphatic rings. The molecule has 5 nitrogen and oxygen atoms in total. The van der Waals surface area contributed by atoms with E-state index in [9.17, 15) is 14.7 Å². The molecule has 114 valence electrons. The number of benzene rings is 1. The molecule has 2 saturated heterocycles. The molecule has 0 unspecified atom stereocenters. The summed E-state index contributed by atoms with van der Waals surface area (Å²) in [6.07, 6.45) is 3.10. The quantitative estimate of drug-likeness (QED) is 0.656. The number of fused-ring (bicyclic) bond motifs is 5. The summed E-state index contributed by atoms with van der Waals surface area (Å²) >= 11 is 0. The fourth-order valence-electron chi connectivity index (χ4n) is 3.80. The second-order valence-corrected chi connectivity index (χ2v) is 6.34. The lowest BCUT2D eigenvalue weighted by Gasteiger charge is -2.26. The lowest BCUT2D eigenvalue weighted by atomic mass is 9.77. The predicted octanol–water partition coefficient (Wildman–Crippen LogP) is 1.11. The number of amides is 2. The van der Waals surface area contributed by atoms with Crippen LogP contribution in [-0.4, -0.2) is 35.2 Å². The maximum absolute atomic E-state index is 12.8. The van der Waals surface area contributed by atoms with Gasteiger partial charge in [-0.15, -0.1) is 0 Å². The Bertz CT molecular complexity index is 725. The number of imide groups is 1. The van der Waals surface area contributed by atoms with E-state index in [1.54, 1.807) is 18.2 Å². The van der Waals surface area contributed by atoms with Crippen molar-refractivity contribution in [1.82, 2.24) is 0 Å². The minimum Gasteiger partial charge on any atom is -0.393 e. The normalized spacial score (nSPS) is 35.6. The van der Waals surface area contributed by atoms with Gasteiger partial charge < -0.3 is 9.84 Å². The van der Waals surface area contributed by atoms with E-state index in [1.807, 2.05) is 26.0 Å². The van der Waals surface area contributed by atoms with Gasteiger partial charge in [0.2, 0.25) is 11.8 Å². The van der Waals surface area contributed by atoms with E-state index in [1.165, 1.54) is 4.90 Å². The number of nitrogens with zero attached hydrogens (tertiary/aromatic N) is 1. The third kappa shape index (κ3) is 1.50. The topological polar surface area (TPSA) is 66.8 Å². The zero-order valence-electron chi connectivity index (χ0n) is 12.4. The maximum atomic E-state index is 12.8. The van der Waals surface area contributed by atoms with E-state index >= 15 is 0 Å². The van der Waals surface area contributed by atoms with Crippen molar-refractivity contribution in [3.63, 3.8) is 0 Å². The largest absolute Gasteiger partial charge is 0.393 e. The summed E-state index contributed by atoms with van der Waals surface area (Å²) in [5.74, 6) is -1.66. The molecule has 1 aromatic rings. The first-order valence-corrected chi connectivity index (χ1v) is 7.41. The Morgan fingerprint density at radius 1 is 1.23 bits per heavy atom. The van der Waals surface area contributed by atoms with Crippen LogP contribution in [0.5, 0.6) is 0 Å². The summed E-state index contributed by atoms with van der Waals surface area (Å²) in [5.41, 5.74) is 1.71. The molecule has 5 heteroatoms. The zero-order chi connectivity index (χ0) is 15.6. The molecule has 22 heavy (non-hydrogen) atoms. The highest BCUT2D eigenvalue weighted by molar-refractivity contribution is 6.23. The first kappa shape index (κ1) is 13.7. The number of aliphatic hydroxyl groups is 1. The Balaban J connectivity index is 1.77. The third-order valence-corrected chi connectivity index (χ3v) is 5.15. The number of carbonyl (C=O) groups excluding carboxylic acids is 2. The van der Waals surface area contributed by atoms with Gasteiger partial charge in [-0.2, -0.15) is 0 Å². The number of hydrogen-bond donors (Lipinski definition) is 1. The number of anilines is 1. The molecule has 0 radical (unpaired) electrons. The molecule has 1 N–H and O–H groups in total. The summed E-state index contributed by atoms with van der Waals surface area (Å²) in [7, 11) is 0. The molecule has 0 aliphatic carbocycles. The van der Waals surface area contributed by atoms with E-state index < -0.39 is 23.5 Å². The van der Waals surface area contributed by atoms with Crippen LogP contribution in [0.15, 0.2) is 30.4 Å². The molecule has 3 aliphatic heterocycles. The molecule has 2 bridgehead atoms. The van der Waals surface area contributed by atoms with Gasteiger partial charge in [-0.3, -0.25) is 9.59 Å². The van der Waals surface area contributed by atoms with Gasteiger partial charge in [0.05, 0.1) is 30.2 Å². The minimum atomic E-state index is -1.03. The monoisotopic (exact) mass is 299 g/mol. The van der Waals surface area contributed by atoms with Crippen LogP contribution in [0, 0.1) is 25.7 Å². The Morgan fingerprint density at radius 2 is 2.00 bits per heavy atom. The van der Waals surface area contributed by atoms with Gasteiger partial charge in [0.25, 0.3) is 0 Å². The van der Waals surface area contributed by atoms with Gasteiger partial charge in [0.15, 0.2) is 0 Å². The summed E-state index contributed by atoms with van der Waals surface area (Å²) in [6, 6.07) is 5.56. The van der Waals surface area contributed by atoms with Crippen LogP contribution in [0.1, 0.15) is 11.1 Å². The van der Waals surface area contributed by atoms with Crippen LogP contribution in [0.25, 0.3) is 0 Å². The molecule has 4 atom stereocenters. The summed E-state index contributed by atoms with van der Waals surface area (Å²) in [4.78, 5) is 26.8. The average Bonchev–Trinajstić information content (AvgIpc) is 3.14. The van der Waals surface area contributed by atoms with Crippen molar-refractivity contribution in [2.45, 2.75) is 25.6 Å². The second kappa shape index (κ2) is 4.27. The lowest BCUT2D eigenvalue weighted by Crippen LogP contribution is -2.43.